The number of carbonyl (C=O) groups is 1. The molecule has 0 aromatic heterocycles. The van der Waals surface area contributed by atoms with Crippen LogP contribution < -0.4 is 5.73 Å². The van der Waals surface area contributed by atoms with Gasteiger partial charge in [-0.05, 0) is 26.8 Å². The summed E-state index contributed by atoms with van der Waals surface area (Å²) in [6.07, 6.45) is 1.70. The van der Waals surface area contributed by atoms with E-state index in [0.29, 0.717) is 0 Å². The van der Waals surface area contributed by atoms with Crippen molar-refractivity contribution in [2.45, 2.75) is 37.9 Å². The molecule has 0 amide bonds. The van der Waals surface area contributed by atoms with Gasteiger partial charge in [0.1, 0.15) is 6.10 Å². The topological polar surface area (TPSA) is 75.8 Å². The standard InChI is InChI=1S/C11H22N2O3/c1-11(15,8-12)7-10(14)16-9-3-5-13(2)6-4-9/h9,15H,3-8,12H2,1-2H3. The fourth-order valence-corrected chi connectivity index (χ4v) is 1.71. The molecule has 1 rings (SSSR count). The molecule has 3 N–H and O–H groups in total. The van der Waals surface area contributed by atoms with Crippen LogP contribution >= 0.6 is 0 Å². The number of rotatable bonds is 4. The van der Waals surface area contributed by atoms with Crippen LogP contribution in [-0.4, -0.2) is 54.4 Å². The van der Waals surface area contributed by atoms with Gasteiger partial charge in [-0.1, -0.05) is 0 Å². The van der Waals surface area contributed by atoms with Crippen LogP contribution in [0.3, 0.4) is 0 Å². The van der Waals surface area contributed by atoms with Crippen LogP contribution in [-0.2, 0) is 9.53 Å². The Balaban J connectivity index is 2.29. The van der Waals surface area contributed by atoms with Crippen molar-refractivity contribution in [2.24, 2.45) is 5.73 Å². The minimum absolute atomic E-state index is 0.00252. The Hall–Kier alpha value is -0.650. The largest absolute Gasteiger partial charge is 0.462 e. The Labute approximate surface area is 96.6 Å². The van der Waals surface area contributed by atoms with Crippen LogP contribution in [0.15, 0.2) is 0 Å². The lowest BCUT2D eigenvalue weighted by molar-refractivity contribution is -0.155. The molecule has 5 nitrogen and oxygen atoms in total. The van der Waals surface area contributed by atoms with Crippen molar-refractivity contribution < 1.29 is 14.6 Å². The zero-order chi connectivity index (χ0) is 12.2. The molecule has 0 aromatic carbocycles. The Bertz CT molecular complexity index is 235. The molecule has 0 saturated carbocycles. The highest BCUT2D eigenvalue weighted by molar-refractivity contribution is 5.70. The third-order valence-corrected chi connectivity index (χ3v) is 2.93. The molecule has 1 fully saturated rings. The monoisotopic (exact) mass is 230 g/mol. The predicted molar refractivity (Wildman–Crippen MR) is 60.9 cm³/mol. The summed E-state index contributed by atoms with van der Waals surface area (Å²) in [4.78, 5) is 13.7. The van der Waals surface area contributed by atoms with Crippen LogP contribution in [0.1, 0.15) is 26.2 Å². The Morgan fingerprint density at radius 1 is 1.56 bits per heavy atom. The second-order valence-corrected chi connectivity index (χ2v) is 4.87. The van der Waals surface area contributed by atoms with E-state index in [-0.39, 0.29) is 25.0 Å². The number of aliphatic hydroxyl groups is 1. The fourth-order valence-electron chi connectivity index (χ4n) is 1.71. The van der Waals surface area contributed by atoms with Crippen LogP contribution in [0.25, 0.3) is 0 Å². The number of ether oxygens (including phenoxy) is 1. The number of hydrogen-bond donors (Lipinski definition) is 2. The molecule has 1 atom stereocenters. The van der Waals surface area contributed by atoms with E-state index in [1.165, 1.54) is 0 Å². The molecule has 1 aliphatic heterocycles. The molecule has 1 saturated heterocycles. The van der Waals surface area contributed by atoms with Crippen molar-refractivity contribution in [1.29, 1.82) is 0 Å². The maximum absolute atomic E-state index is 11.5. The second kappa shape index (κ2) is 5.61. The van der Waals surface area contributed by atoms with Crippen LogP contribution in [0.2, 0.25) is 0 Å². The maximum Gasteiger partial charge on any atom is 0.309 e. The summed E-state index contributed by atoms with van der Waals surface area (Å²) in [6.45, 7) is 3.51. The van der Waals surface area contributed by atoms with Gasteiger partial charge in [-0.2, -0.15) is 0 Å². The lowest BCUT2D eigenvalue weighted by Gasteiger charge is -2.29. The molecule has 1 aliphatic rings. The third-order valence-electron chi connectivity index (χ3n) is 2.93. The van der Waals surface area contributed by atoms with Gasteiger partial charge in [-0.25, -0.2) is 0 Å². The highest BCUT2D eigenvalue weighted by Crippen LogP contribution is 2.15. The van der Waals surface area contributed by atoms with E-state index in [0.717, 1.165) is 25.9 Å². The molecule has 94 valence electrons. The number of likely N-dealkylation sites (tertiary alicyclic amines) is 1. The van der Waals surface area contributed by atoms with Crippen LogP contribution in [0, 0.1) is 0 Å². The van der Waals surface area contributed by atoms with Gasteiger partial charge in [0.05, 0.1) is 12.0 Å². The number of hydrogen-bond acceptors (Lipinski definition) is 5. The molecule has 0 aromatic rings. The van der Waals surface area contributed by atoms with Gasteiger partial charge in [0.2, 0.25) is 0 Å². The van der Waals surface area contributed by atoms with Crippen molar-refractivity contribution >= 4 is 5.97 Å². The molecule has 16 heavy (non-hydrogen) atoms. The van der Waals surface area contributed by atoms with Crippen molar-refractivity contribution in [3.8, 4) is 0 Å². The first-order chi connectivity index (χ1) is 7.43. The minimum atomic E-state index is -1.15. The van der Waals surface area contributed by atoms with E-state index in [4.69, 9.17) is 10.5 Å². The first kappa shape index (κ1) is 13.4. The van der Waals surface area contributed by atoms with Gasteiger partial charge in [0.15, 0.2) is 0 Å². The number of nitrogens with two attached hydrogens (primary N) is 1. The lowest BCUT2D eigenvalue weighted by Crippen LogP contribution is -2.39. The lowest BCUT2D eigenvalue weighted by atomic mass is 10.0. The van der Waals surface area contributed by atoms with Gasteiger partial charge < -0.3 is 20.5 Å². The first-order valence-electron chi connectivity index (χ1n) is 5.73. The van der Waals surface area contributed by atoms with Gasteiger partial charge >= 0.3 is 5.97 Å². The van der Waals surface area contributed by atoms with E-state index in [9.17, 15) is 9.90 Å². The quantitative estimate of drug-likeness (QED) is 0.650. The van der Waals surface area contributed by atoms with E-state index in [1.54, 1.807) is 6.92 Å². The number of carbonyl (C=O) groups excluding carboxylic acids is 1. The molecule has 1 unspecified atom stereocenters. The van der Waals surface area contributed by atoms with Gasteiger partial charge in [-0.15, -0.1) is 0 Å². The summed E-state index contributed by atoms with van der Waals surface area (Å²) in [5.41, 5.74) is 4.19. The van der Waals surface area contributed by atoms with Crippen LogP contribution in [0.5, 0.6) is 0 Å². The summed E-state index contributed by atoms with van der Waals surface area (Å²) in [5, 5.41) is 9.63. The number of esters is 1. The number of nitrogens with zero attached hydrogens (tertiary/aromatic N) is 1. The van der Waals surface area contributed by atoms with E-state index in [2.05, 4.69) is 11.9 Å². The van der Waals surface area contributed by atoms with Crippen molar-refractivity contribution in [3.63, 3.8) is 0 Å². The average Bonchev–Trinajstić information content (AvgIpc) is 2.21. The zero-order valence-corrected chi connectivity index (χ0v) is 10.1. The molecule has 0 radical (unpaired) electrons. The van der Waals surface area contributed by atoms with Gasteiger partial charge in [0.25, 0.3) is 0 Å². The summed E-state index contributed by atoms with van der Waals surface area (Å²) in [7, 11) is 2.05. The summed E-state index contributed by atoms with van der Waals surface area (Å²) >= 11 is 0. The molecule has 5 heteroatoms. The van der Waals surface area contributed by atoms with Crippen molar-refractivity contribution in [1.82, 2.24) is 4.90 Å². The summed E-state index contributed by atoms with van der Waals surface area (Å²) in [5.74, 6) is -0.356. The van der Waals surface area contributed by atoms with Crippen molar-refractivity contribution in [3.05, 3.63) is 0 Å². The Morgan fingerprint density at radius 3 is 2.62 bits per heavy atom. The molecular formula is C11H22N2O3. The smallest absolute Gasteiger partial charge is 0.309 e. The summed E-state index contributed by atoms with van der Waals surface area (Å²) in [6, 6.07) is 0. The van der Waals surface area contributed by atoms with Crippen molar-refractivity contribution in [2.75, 3.05) is 26.7 Å². The minimum Gasteiger partial charge on any atom is -0.462 e. The van der Waals surface area contributed by atoms with E-state index >= 15 is 0 Å². The molecule has 0 spiro atoms. The van der Waals surface area contributed by atoms with Gasteiger partial charge in [-0.3, -0.25) is 4.79 Å². The third kappa shape index (κ3) is 4.47. The highest BCUT2D eigenvalue weighted by Gasteiger charge is 2.26. The normalized spacial score (nSPS) is 22.8. The summed E-state index contributed by atoms with van der Waals surface area (Å²) < 4.78 is 5.30. The first-order valence-corrected chi connectivity index (χ1v) is 5.73. The zero-order valence-electron chi connectivity index (χ0n) is 10.1. The van der Waals surface area contributed by atoms with E-state index in [1.807, 2.05) is 0 Å². The molecule has 1 heterocycles. The predicted octanol–water partition coefficient (Wildman–Crippen LogP) is -0.276. The molecular weight excluding hydrogens is 208 g/mol. The number of piperidine rings is 1. The second-order valence-electron chi connectivity index (χ2n) is 4.87. The Kier molecular flexibility index (Phi) is 4.70. The Morgan fingerprint density at radius 2 is 2.12 bits per heavy atom. The maximum atomic E-state index is 11.5. The molecule has 0 aliphatic carbocycles. The highest BCUT2D eigenvalue weighted by atomic mass is 16.5. The SMILES string of the molecule is CN1CCC(OC(=O)CC(C)(O)CN)CC1. The van der Waals surface area contributed by atoms with Gasteiger partial charge in [0, 0.05) is 19.6 Å². The van der Waals surface area contributed by atoms with E-state index < -0.39 is 5.60 Å². The average molecular weight is 230 g/mol. The van der Waals surface area contributed by atoms with Crippen LogP contribution in [0.4, 0.5) is 0 Å². The molecule has 0 bridgehead atoms. The fraction of sp³-hybridized carbons (Fsp3) is 0.909.